The van der Waals surface area contributed by atoms with Crippen LogP contribution in [0.2, 0.25) is 0 Å². The Kier molecular flexibility index (Phi) is 6.61. The molecule has 0 saturated carbocycles. The van der Waals surface area contributed by atoms with Crippen molar-refractivity contribution in [3.05, 3.63) is 49.7 Å². The first-order chi connectivity index (χ1) is 15.6. The van der Waals surface area contributed by atoms with Crippen LogP contribution in [-0.2, 0) is 25.3 Å². The van der Waals surface area contributed by atoms with Crippen LogP contribution in [0.15, 0.2) is 21.7 Å². The lowest BCUT2D eigenvalue weighted by Gasteiger charge is -2.18. The minimum atomic E-state index is -0.911. The molecular formula is C22H25N3O8. The molecule has 0 aliphatic carbocycles. The molecule has 1 N–H and O–H groups in total. The Bertz CT molecular complexity index is 1270. The molecule has 0 fully saturated rings. The van der Waals surface area contributed by atoms with Gasteiger partial charge in [0, 0.05) is 40.2 Å². The zero-order valence-electron chi connectivity index (χ0n) is 19.0. The van der Waals surface area contributed by atoms with Gasteiger partial charge in [-0.05, 0) is 30.2 Å². The molecule has 0 saturated heterocycles. The number of ether oxygens (including phenoxy) is 3. The summed E-state index contributed by atoms with van der Waals surface area (Å²) in [5.74, 6) is -0.452. The lowest BCUT2D eigenvalue weighted by atomic mass is 10.00. The third kappa shape index (κ3) is 4.34. The molecule has 11 heteroatoms. The van der Waals surface area contributed by atoms with E-state index >= 15 is 0 Å². The van der Waals surface area contributed by atoms with E-state index in [1.54, 1.807) is 18.0 Å². The van der Waals surface area contributed by atoms with E-state index in [0.29, 0.717) is 41.3 Å². The van der Waals surface area contributed by atoms with Gasteiger partial charge >= 0.3 is 5.69 Å². The molecule has 0 bridgehead atoms. The van der Waals surface area contributed by atoms with Crippen molar-refractivity contribution < 1.29 is 28.9 Å². The maximum atomic E-state index is 12.9. The molecule has 0 unspecified atom stereocenters. The Hall–Kier alpha value is -4.02. The minimum Gasteiger partial charge on any atom is -0.494 e. The molecule has 1 aromatic carbocycles. The van der Waals surface area contributed by atoms with E-state index in [1.165, 1.54) is 34.2 Å². The highest BCUT2D eigenvalue weighted by molar-refractivity contribution is 6.08. The van der Waals surface area contributed by atoms with Crippen LogP contribution in [0.5, 0.6) is 23.1 Å². The van der Waals surface area contributed by atoms with Crippen molar-refractivity contribution in [2.75, 3.05) is 27.5 Å². The largest absolute Gasteiger partial charge is 0.494 e. The number of allylic oxidation sites excluding steroid dienone is 1. The summed E-state index contributed by atoms with van der Waals surface area (Å²) in [5.41, 5.74) is -0.994. The van der Waals surface area contributed by atoms with Crippen LogP contribution in [0.1, 0.15) is 28.4 Å². The van der Waals surface area contributed by atoms with Crippen LogP contribution in [0.25, 0.3) is 6.08 Å². The van der Waals surface area contributed by atoms with Gasteiger partial charge in [-0.2, -0.15) is 0 Å². The molecule has 0 radical (unpaired) electrons. The summed E-state index contributed by atoms with van der Waals surface area (Å²) in [7, 11) is 5.58. The lowest BCUT2D eigenvalue weighted by Crippen LogP contribution is -2.39. The number of carbonyl (C=O) groups is 2. The first-order valence-corrected chi connectivity index (χ1v) is 10.0. The number of aromatic nitrogens is 2. The maximum Gasteiger partial charge on any atom is 0.333 e. The molecule has 2 heterocycles. The van der Waals surface area contributed by atoms with Crippen molar-refractivity contribution in [1.82, 2.24) is 14.0 Å². The summed E-state index contributed by atoms with van der Waals surface area (Å²) in [6, 6.07) is 1.74. The number of rotatable bonds is 7. The molecule has 1 aliphatic rings. The Balaban J connectivity index is 2.07. The molecule has 1 aliphatic heterocycles. The number of methoxy groups -OCH3 is 1. The third-order valence-corrected chi connectivity index (χ3v) is 5.48. The highest BCUT2D eigenvalue weighted by Gasteiger charge is 2.25. The number of fused-ring (bicyclic) bond motifs is 1. The smallest absolute Gasteiger partial charge is 0.333 e. The van der Waals surface area contributed by atoms with Gasteiger partial charge in [0.1, 0.15) is 5.56 Å². The molecule has 176 valence electrons. The summed E-state index contributed by atoms with van der Waals surface area (Å²) >= 11 is 0. The van der Waals surface area contributed by atoms with E-state index < -0.39 is 28.5 Å². The van der Waals surface area contributed by atoms with Gasteiger partial charge in [0.25, 0.3) is 5.56 Å². The summed E-state index contributed by atoms with van der Waals surface area (Å²) in [6.07, 6.45) is 2.97. The molecule has 1 aromatic heterocycles. The molecule has 2 aromatic rings. The van der Waals surface area contributed by atoms with Gasteiger partial charge in [0.15, 0.2) is 17.3 Å². The zero-order valence-corrected chi connectivity index (χ0v) is 19.0. The molecule has 3 rings (SSSR count). The average molecular weight is 459 g/mol. The van der Waals surface area contributed by atoms with E-state index in [4.69, 9.17) is 14.2 Å². The summed E-state index contributed by atoms with van der Waals surface area (Å²) in [5, 5.41) is 10.2. The van der Waals surface area contributed by atoms with Crippen LogP contribution in [0, 0.1) is 0 Å². The van der Waals surface area contributed by atoms with E-state index in [9.17, 15) is 24.3 Å². The fourth-order valence-corrected chi connectivity index (χ4v) is 3.41. The standard InChI is InChI=1S/C22H25N3O8/c1-12(26)23(2)9-8-13-10-16-19(33-11-32-16)18(31-5)14(13)6-7-15(27)17-20(28)24(3)22(30)25(4)21(17)29/h6-7,10,28H,8-9,11H2,1-5H3/b7-6+. The normalized spacial score (nSPS) is 12.3. The third-order valence-electron chi connectivity index (χ3n) is 5.48. The van der Waals surface area contributed by atoms with Gasteiger partial charge in [-0.1, -0.05) is 0 Å². The number of hydrogen-bond donors (Lipinski definition) is 1. The van der Waals surface area contributed by atoms with Crippen molar-refractivity contribution in [2.24, 2.45) is 14.1 Å². The van der Waals surface area contributed by atoms with Crippen LogP contribution in [0.3, 0.4) is 0 Å². The van der Waals surface area contributed by atoms with E-state index in [1.807, 2.05) is 0 Å². The number of hydrogen-bond acceptors (Lipinski definition) is 8. The van der Waals surface area contributed by atoms with Crippen molar-refractivity contribution >= 4 is 17.8 Å². The quantitative estimate of drug-likeness (QED) is 0.467. The number of carbonyl (C=O) groups excluding carboxylic acids is 2. The second-order valence-electron chi connectivity index (χ2n) is 7.51. The zero-order chi connectivity index (χ0) is 24.4. The SMILES string of the molecule is COc1c(/C=C/C(=O)c2c(O)n(C)c(=O)n(C)c2=O)c(CCN(C)C(C)=O)cc2c1OCO2. The Morgan fingerprint density at radius 2 is 1.94 bits per heavy atom. The monoisotopic (exact) mass is 459 g/mol. The average Bonchev–Trinajstić information content (AvgIpc) is 3.26. The van der Waals surface area contributed by atoms with Gasteiger partial charge in [0.2, 0.25) is 24.3 Å². The Morgan fingerprint density at radius 3 is 2.58 bits per heavy atom. The van der Waals surface area contributed by atoms with E-state index in [2.05, 4.69) is 0 Å². The molecule has 1 amide bonds. The van der Waals surface area contributed by atoms with Gasteiger partial charge in [-0.15, -0.1) is 0 Å². The number of aromatic hydroxyl groups is 1. The Labute approximate surface area is 189 Å². The number of nitrogens with zero attached hydrogens (tertiary/aromatic N) is 3. The number of likely N-dealkylation sites (N-methyl/N-ethyl adjacent to an activating group) is 1. The topological polar surface area (TPSA) is 129 Å². The second-order valence-corrected chi connectivity index (χ2v) is 7.51. The van der Waals surface area contributed by atoms with Crippen molar-refractivity contribution in [3.63, 3.8) is 0 Å². The lowest BCUT2D eigenvalue weighted by molar-refractivity contribution is -0.127. The number of ketones is 1. The summed E-state index contributed by atoms with van der Waals surface area (Å²) in [4.78, 5) is 50.4. The maximum absolute atomic E-state index is 12.9. The Morgan fingerprint density at radius 1 is 1.24 bits per heavy atom. The highest BCUT2D eigenvalue weighted by atomic mass is 16.7. The van der Waals surface area contributed by atoms with E-state index in [0.717, 1.165) is 15.2 Å². The number of benzene rings is 1. The predicted molar refractivity (Wildman–Crippen MR) is 118 cm³/mol. The molecule has 11 nitrogen and oxygen atoms in total. The summed E-state index contributed by atoms with van der Waals surface area (Å²) < 4.78 is 18.0. The van der Waals surface area contributed by atoms with Crippen molar-refractivity contribution in [3.8, 4) is 23.1 Å². The highest BCUT2D eigenvalue weighted by Crippen LogP contribution is 2.45. The van der Waals surface area contributed by atoms with Gasteiger partial charge < -0.3 is 24.2 Å². The van der Waals surface area contributed by atoms with Gasteiger partial charge in [-0.3, -0.25) is 23.5 Å². The first-order valence-electron chi connectivity index (χ1n) is 10.0. The van der Waals surface area contributed by atoms with Crippen LogP contribution < -0.4 is 25.5 Å². The van der Waals surface area contributed by atoms with Crippen LogP contribution in [0.4, 0.5) is 0 Å². The van der Waals surface area contributed by atoms with Gasteiger partial charge in [0.05, 0.1) is 7.11 Å². The molecule has 0 atom stereocenters. The van der Waals surface area contributed by atoms with Gasteiger partial charge in [-0.25, -0.2) is 4.79 Å². The second kappa shape index (κ2) is 9.23. The summed E-state index contributed by atoms with van der Waals surface area (Å²) in [6.45, 7) is 1.86. The predicted octanol–water partition coefficient (Wildman–Crippen LogP) is 0.444. The molecular weight excluding hydrogens is 434 g/mol. The van der Waals surface area contributed by atoms with E-state index in [-0.39, 0.29) is 12.7 Å². The number of amides is 1. The fourth-order valence-electron chi connectivity index (χ4n) is 3.41. The van der Waals surface area contributed by atoms with Crippen LogP contribution >= 0.6 is 0 Å². The first kappa shape index (κ1) is 23.6. The van der Waals surface area contributed by atoms with Crippen molar-refractivity contribution in [2.45, 2.75) is 13.3 Å². The van der Waals surface area contributed by atoms with Crippen LogP contribution in [-0.4, -0.2) is 58.3 Å². The fraction of sp³-hybridized carbons (Fsp3) is 0.364. The molecule has 33 heavy (non-hydrogen) atoms. The van der Waals surface area contributed by atoms with Crippen molar-refractivity contribution in [1.29, 1.82) is 0 Å². The molecule has 0 spiro atoms. The minimum absolute atomic E-state index is 0.00649.